The minimum Gasteiger partial charge on any atom is -0.548 e. The molecule has 0 aromatic heterocycles. The molecule has 1 aromatic carbocycles. The van der Waals surface area contributed by atoms with Gasteiger partial charge in [-0.3, -0.25) is 0 Å². The second-order valence-corrected chi connectivity index (χ2v) is 5.00. The van der Waals surface area contributed by atoms with Crippen molar-refractivity contribution in [1.29, 1.82) is 0 Å². The van der Waals surface area contributed by atoms with E-state index in [2.05, 4.69) is 0 Å². The molecule has 0 unspecified atom stereocenters. The molecule has 0 aliphatic carbocycles. The van der Waals surface area contributed by atoms with E-state index in [0.717, 1.165) is 12.1 Å². The summed E-state index contributed by atoms with van der Waals surface area (Å²) in [5.41, 5.74) is -0.886. The first-order chi connectivity index (χ1) is 12.0. The largest absolute Gasteiger partial charge is 1.00 e. The third-order valence-corrected chi connectivity index (χ3v) is 3.07. The number of carboxylic acid groups (broad SMARTS) is 4. The first-order valence-electron chi connectivity index (χ1n) is 6.87. The van der Waals surface area contributed by atoms with E-state index in [-0.39, 0.29) is 118 Å². The van der Waals surface area contributed by atoms with E-state index >= 15 is 0 Å². The van der Waals surface area contributed by atoms with E-state index < -0.39 is 72.9 Å². The maximum Gasteiger partial charge on any atom is 1.00 e. The van der Waals surface area contributed by atoms with Gasteiger partial charge in [-0.1, -0.05) is 0 Å². The minimum atomic E-state index is -1.69. The molecule has 0 bridgehead atoms. The van der Waals surface area contributed by atoms with Crippen LogP contribution < -0.4 is 148 Å². The second-order valence-electron chi connectivity index (χ2n) is 5.00. The normalized spacial score (nSPS) is 8.80. The zero-order valence-corrected chi connectivity index (χ0v) is 25.0. The van der Waals surface area contributed by atoms with Gasteiger partial charge in [0.1, 0.15) is 0 Å². The van der Waals surface area contributed by atoms with Crippen molar-refractivity contribution in [3.63, 3.8) is 0 Å². The van der Waals surface area contributed by atoms with Gasteiger partial charge in [-0.05, 0) is 12.1 Å². The van der Waals surface area contributed by atoms with Gasteiger partial charge in [0.05, 0.1) is 61.4 Å². The topological polar surface area (TPSA) is 207 Å². The van der Waals surface area contributed by atoms with Gasteiger partial charge in [-0.15, -0.1) is 0 Å². The Morgan fingerprint density at radius 3 is 0.967 bits per heavy atom. The number of aliphatic carboxylic acids is 4. The summed E-state index contributed by atoms with van der Waals surface area (Å²) in [5, 5.41) is 62.9. The van der Waals surface area contributed by atoms with Crippen LogP contribution in [0.1, 0.15) is 0 Å². The van der Waals surface area contributed by atoms with E-state index in [4.69, 9.17) is 0 Å². The summed E-state index contributed by atoms with van der Waals surface area (Å²) < 4.78 is 0. The molecule has 0 radical (unpaired) electrons. The molecule has 0 aliphatic heterocycles. The van der Waals surface area contributed by atoms with Crippen molar-refractivity contribution < 1.29 is 168 Å². The third-order valence-electron chi connectivity index (χ3n) is 3.07. The number of phenolic OH excluding ortho intramolecular Hbond substituents is 2. The van der Waals surface area contributed by atoms with Crippen molar-refractivity contribution in [2.75, 3.05) is 36.0 Å². The van der Waals surface area contributed by atoms with Crippen LogP contribution in [-0.4, -0.2) is 60.3 Å². The number of carboxylic acids is 4. The van der Waals surface area contributed by atoms with Crippen molar-refractivity contribution in [3.8, 4) is 11.5 Å². The number of carbonyl (C=O) groups excluding carboxylic acids is 4. The van der Waals surface area contributed by atoms with Gasteiger partial charge in [-0.2, -0.15) is 0 Å². The molecule has 0 heterocycles. The smallest absolute Gasteiger partial charge is 0.548 e. The summed E-state index contributed by atoms with van der Waals surface area (Å²) >= 11 is 0. The Labute approximate surface area is 259 Å². The van der Waals surface area contributed by atoms with Crippen LogP contribution in [0.25, 0.3) is 0 Å². The molecule has 1 rings (SSSR count). The summed E-state index contributed by atoms with van der Waals surface area (Å²) in [6.07, 6.45) is 0. The Morgan fingerprint density at radius 1 is 0.600 bits per heavy atom. The van der Waals surface area contributed by atoms with E-state index in [1.54, 1.807) is 0 Å². The van der Waals surface area contributed by atoms with Crippen molar-refractivity contribution in [2.45, 2.75) is 0 Å². The Balaban J connectivity index is -0.000000845. The van der Waals surface area contributed by atoms with Gasteiger partial charge in [0.2, 0.25) is 0 Å². The molecule has 142 valence electrons. The summed E-state index contributed by atoms with van der Waals surface area (Å²) in [5.74, 6) is -8.78. The Bertz CT molecular complexity index is 657. The van der Waals surface area contributed by atoms with Crippen molar-refractivity contribution in [1.82, 2.24) is 0 Å². The van der Waals surface area contributed by atoms with Crippen LogP contribution in [0, 0.1) is 0 Å². The Morgan fingerprint density at radius 2 is 0.800 bits per heavy atom. The molecule has 0 spiro atoms. The standard InChI is InChI=1S/C14H16N2O10.4Na/c17-9(18)3-15(4-10(19)20)7-1-2-8(14(26)13(7)25)16(5-11(21)22)6-12(23)24;;;;/h1-2,25-26H,3-6H2,(H,17,18)(H,19,20)(H,21,22)(H,23,24);;;;/q;4*+1/p-4. The van der Waals surface area contributed by atoms with Gasteiger partial charge in [0.15, 0.2) is 11.5 Å². The first kappa shape index (κ1) is 37.6. The number of nitrogens with zero attached hydrogens (tertiary/aromatic N) is 2. The van der Waals surface area contributed by atoms with Crippen LogP contribution in [-0.2, 0) is 19.2 Å². The maximum atomic E-state index is 10.7. The predicted molar refractivity (Wildman–Crippen MR) is 74.2 cm³/mol. The van der Waals surface area contributed by atoms with E-state index in [1.165, 1.54) is 0 Å². The molecule has 16 heteroatoms. The monoisotopic (exact) mass is 460 g/mol. The van der Waals surface area contributed by atoms with Crippen LogP contribution in [0.15, 0.2) is 12.1 Å². The molecular weight excluding hydrogens is 448 g/mol. The van der Waals surface area contributed by atoms with Crippen LogP contribution >= 0.6 is 0 Å². The van der Waals surface area contributed by atoms with E-state index in [0.29, 0.717) is 9.80 Å². The number of benzene rings is 1. The molecular formula is C14H12N2Na4O10. The zero-order valence-electron chi connectivity index (χ0n) is 17.0. The molecule has 2 N–H and O–H groups in total. The van der Waals surface area contributed by atoms with Gasteiger partial charge in [-0.25, -0.2) is 0 Å². The van der Waals surface area contributed by atoms with E-state index in [9.17, 15) is 49.8 Å². The number of phenols is 2. The fourth-order valence-electron chi connectivity index (χ4n) is 2.14. The second kappa shape index (κ2) is 17.8. The van der Waals surface area contributed by atoms with Crippen LogP contribution in [0.3, 0.4) is 0 Å². The van der Waals surface area contributed by atoms with Crippen molar-refractivity contribution in [3.05, 3.63) is 12.1 Å². The molecule has 0 atom stereocenters. The quantitative estimate of drug-likeness (QED) is 0.246. The molecule has 0 saturated heterocycles. The van der Waals surface area contributed by atoms with Crippen LogP contribution in [0.5, 0.6) is 11.5 Å². The SMILES string of the molecule is O=C([O-])CN(CC(=O)[O-])c1ccc(N(CC(=O)[O-])CC(=O)[O-])c(O)c1O.[Na+].[Na+].[Na+].[Na+]. The number of hydrogen-bond donors (Lipinski definition) is 2. The van der Waals surface area contributed by atoms with Gasteiger partial charge >= 0.3 is 118 Å². The maximum absolute atomic E-state index is 10.7. The fourth-order valence-corrected chi connectivity index (χ4v) is 2.14. The number of carbonyl (C=O) groups is 4. The molecule has 0 fully saturated rings. The van der Waals surface area contributed by atoms with Crippen LogP contribution in [0.4, 0.5) is 11.4 Å². The van der Waals surface area contributed by atoms with Gasteiger partial charge in [0, 0.05) is 0 Å². The van der Waals surface area contributed by atoms with Crippen molar-refractivity contribution >= 4 is 35.3 Å². The molecule has 0 amide bonds. The summed E-state index contributed by atoms with van der Waals surface area (Å²) in [7, 11) is 0. The minimum absolute atomic E-state index is 0. The van der Waals surface area contributed by atoms with Crippen LogP contribution in [0.2, 0.25) is 0 Å². The molecule has 0 aliphatic rings. The number of aromatic hydroxyl groups is 2. The zero-order chi connectivity index (χ0) is 20.0. The Kier molecular flexibility index (Phi) is 22.3. The van der Waals surface area contributed by atoms with Crippen molar-refractivity contribution in [2.24, 2.45) is 0 Å². The number of hydrogen-bond acceptors (Lipinski definition) is 12. The number of rotatable bonds is 10. The number of anilines is 2. The van der Waals surface area contributed by atoms with E-state index in [1.807, 2.05) is 0 Å². The molecule has 30 heavy (non-hydrogen) atoms. The summed E-state index contributed by atoms with van der Waals surface area (Å²) in [6.45, 7) is -3.88. The first-order valence-corrected chi connectivity index (χ1v) is 6.87. The Hall–Kier alpha value is 0.300. The summed E-state index contributed by atoms with van der Waals surface area (Å²) in [4.78, 5) is 44.1. The predicted octanol–water partition coefficient (Wildman–Crippen LogP) is -18.3. The molecule has 0 saturated carbocycles. The average Bonchev–Trinajstić information content (AvgIpc) is 2.46. The summed E-state index contributed by atoms with van der Waals surface area (Å²) in [6, 6.07) is 1.90. The molecule has 12 nitrogen and oxygen atoms in total. The average molecular weight is 460 g/mol. The van der Waals surface area contributed by atoms with Gasteiger partial charge in [0.25, 0.3) is 0 Å². The van der Waals surface area contributed by atoms with Gasteiger partial charge < -0.3 is 59.6 Å². The molecule has 1 aromatic rings. The third kappa shape index (κ3) is 12.4. The fraction of sp³-hybridized carbons (Fsp3) is 0.286.